The monoisotopic (exact) mass is 173 g/mol. The van der Waals surface area contributed by atoms with Crippen molar-refractivity contribution in [2.45, 2.75) is 6.04 Å². The highest BCUT2D eigenvalue weighted by Gasteiger charge is 2.09. The Morgan fingerprint density at radius 1 is 1.82 bits per heavy atom. The van der Waals surface area contributed by atoms with Crippen LogP contribution in [0.4, 0.5) is 0 Å². The van der Waals surface area contributed by atoms with E-state index in [2.05, 4.69) is 6.58 Å². The summed E-state index contributed by atoms with van der Waals surface area (Å²) in [5.74, 6) is -0.579. The molecule has 0 amide bonds. The molecule has 62 valence electrons. The van der Waals surface area contributed by atoms with Crippen molar-refractivity contribution in [3.8, 4) is 0 Å². The second kappa shape index (κ2) is 6.00. The van der Waals surface area contributed by atoms with Gasteiger partial charge in [0.2, 0.25) is 0 Å². The molecule has 0 aromatic carbocycles. The third-order valence-corrected chi connectivity index (χ3v) is 1.81. The van der Waals surface area contributed by atoms with Gasteiger partial charge in [0.05, 0.1) is 0 Å². The van der Waals surface area contributed by atoms with Crippen LogP contribution in [0.3, 0.4) is 0 Å². The Morgan fingerprint density at radius 3 is 2.91 bits per heavy atom. The van der Waals surface area contributed by atoms with Gasteiger partial charge in [-0.25, -0.2) is 0 Å². The minimum atomic E-state index is -0.968. The summed E-state index contributed by atoms with van der Waals surface area (Å²) in [7, 11) is 0. The van der Waals surface area contributed by atoms with Crippen molar-refractivity contribution in [1.82, 2.24) is 0 Å². The molecule has 0 aliphatic heterocycles. The summed E-state index contributed by atoms with van der Waals surface area (Å²) in [4.78, 5) is 10.2. The molecule has 11 heavy (non-hydrogen) atoms. The van der Waals surface area contributed by atoms with E-state index in [0.29, 0.717) is 5.75 Å². The van der Waals surface area contributed by atoms with Crippen molar-refractivity contribution in [2.24, 2.45) is 5.73 Å². The van der Waals surface area contributed by atoms with E-state index >= 15 is 0 Å². The Hall–Kier alpha value is -0.740. The fourth-order valence-electron chi connectivity index (χ4n) is 0.342. The number of nitrogens with two attached hydrogens (primary N) is 1. The molecule has 3 N–H and O–H groups in total. The van der Waals surface area contributed by atoms with Crippen molar-refractivity contribution >= 4 is 17.7 Å². The van der Waals surface area contributed by atoms with Crippen LogP contribution in [0, 0.1) is 0 Å². The van der Waals surface area contributed by atoms with Gasteiger partial charge in [-0.05, 0) is 5.41 Å². The number of hydrogen-bond acceptors (Lipinski definition) is 3. The largest absolute Gasteiger partial charge is 0.480 e. The summed E-state index contributed by atoms with van der Waals surface area (Å²) >= 11 is 1.36. The quantitative estimate of drug-likeness (QED) is 0.604. The molecule has 4 heteroatoms. The zero-order chi connectivity index (χ0) is 8.69. The van der Waals surface area contributed by atoms with Crippen LogP contribution in [0.15, 0.2) is 24.1 Å². The maximum atomic E-state index is 10.2. The molecular formula is C7H11NO2S. The molecule has 0 rings (SSSR count). The van der Waals surface area contributed by atoms with Crippen molar-refractivity contribution in [2.75, 3.05) is 5.75 Å². The minimum Gasteiger partial charge on any atom is -0.480 e. The van der Waals surface area contributed by atoms with E-state index in [9.17, 15) is 4.79 Å². The molecule has 0 fully saturated rings. The Morgan fingerprint density at radius 2 is 2.45 bits per heavy atom. The molecule has 0 aliphatic carbocycles. The van der Waals surface area contributed by atoms with Crippen LogP contribution in [0.25, 0.3) is 0 Å². The summed E-state index contributed by atoms with van der Waals surface area (Å²) in [6.07, 6.45) is 3.36. The van der Waals surface area contributed by atoms with Gasteiger partial charge in [-0.15, -0.1) is 11.8 Å². The van der Waals surface area contributed by atoms with Gasteiger partial charge in [0.25, 0.3) is 0 Å². The zero-order valence-electron chi connectivity index (χ0n) is 6.06. The Kier molecular flexibility index (Phi) is 5.60. The van der Waals surface area contributed by atoms with Crippen molar-refractivity contribution in [1.29, 1.82) is 0 Å². The fraction of sp³-hybridized carbons (Fsp3) is 0.286. The third kappa shape index (κ3) is 5.69. The van der Waals surface area contributed by atoms with Gasteiger partial charge in [-0.2, -0.15) is 0 Å². The molecule has 0 aliphatic rings. The highest BCUT2D eigenvalue weighted by Crippen LogP contribution is 2.03. The average molecular weight is 173 g/mol. The lowest BCUT2D eigenvalue weighted by Gasteiger charge is -2.01. The number of rotatable bonds is 5. The number of aliphatic carboxylic acids is 1. The molecule has 0 spiro atoms. The van der Waals surface area contributed by atoms with E-state index in [1.807, 2.05) is 0 Å². The summed E-state index contributed by atoms with van der Waals surface area (Å²) in [5.41, 5.74) is 5.22. The highest BCUT2D eigenvalue weighted by atomic mass is 32.2. The van der Waals surface area contributed by atoms with Gasteiger partial charge in [-0.1, -0.05) is 18.7 Å². The van der Waals surface area contributed by atoms with Crippen molar-refractivity contribution < 1.29 is 9.90 Å². The van der Waals surface area contributed by atoms with Crippen molar-refractivity contribution in [3.05, 3.63) is 24.1 Å². The Balaban J connectivity index is 3.46. The fourth-order valence-corrected chi connectivity index (χ4v) is 1.02. The molecule has 0 radical (unpaired) electrons. The predicted octanol–water partition coefficient (Wildman–Crippen LogP) is 0.831. The molecule has 0 heterocycles. The topological polar surface area (TPSA) is 63.3 Å². The molecule has 3 nitrogen and oxygen atoms in total. The molecule has 0 saturated carbocycles. The Bertz CT molecular complexity index is 168. The lowest BCUT2D eigenvalue weighted by Crippen LogP contribution is -2.32. The van der Waals surface area contributed by atoms with Crippen LogP contribution >= 0.6 is 11.8 Å². The maximum absolute atomic E-state index is 10.2. The number of carboxylic acid groups (broad SMARTS) is 1. The van der Waals surface area contributed by atoms with E-state index in [1.54, 1.807) is 17.6 Å². The summed E-state index contributed by atoms with van der Waals surface area (Å²) in [5, 5.41) is 10.1. The van der Waals surface area contributed by atoms with Crippen LogP contribution in [-0.4, -0.2) is 22.9 Å². The van der Waals surface area contributed by atoms with E-state index in [1.165, 1.54) is 11.8 Å². The smallest absolute Gasteiger partial charge is 0.321 e. The summed E-state index contributed by atoms with van der Waals surface area (Å²) in [6, 6.07) is -0.783. The molecule has 0 unspecified atom stereocenters. The molecular weight excluding hydrogens is 162 g/mol. The number of allylic oxidation sites excluding steroid dienone is 2. The molecule has 0 bridgehead atoms. The van der Waals surface area contributed by atoms with Crippen LogP contribution in [0.1, 0.15) is 0 Å². The average Bonchev–Trinajstić information content (AvgIpc) is 1.97. The van der Waals surface area contributed by atoms with Gasteiger partial charge in [0, 0.05) is 5.75 Å². The van der Waals surface area contributed by atoms with E-state index < -0.39 is 12.0 Å². The van der Waals surface area contributed by atoms with Gasteiger partial charge in [0.1, 0.15) is 6.04 Å². The first kappa shape index (κ1) is 10.3. The predicted molar refractivity (Wildman–Crippen MR) is 47.4 cm³/mol. The summed E-state index contributed by atoms with van der Waals surface area (Å²) in [6.45, 7) is 3.46. The third-order valence-electron chi connectivity index (χ3n) is 0.904. The number of carboxylic acids is 1. The zero-order valence-corrected chi connectivity index (χ0v) is 6.88. The number of hydrogen-bond donors (Lipinski definition) is 2. The standard InChI is InChI=1S/C7H11NO2S/c1-2-3-4-11-5-6(8)7(9)10/h2-4,6H,1,5,8H2,(H,9,10)/b4-3-/t6-/m0/s1. The first-order valence-corrected chi connectivity index (χ1v) is 4.11. The van der Waals surface area contributed by atoms with Crippen LogP contribution < -0.4 is 5.73 Å². The first-order valence-electron chi connectivity index (χ1n) is 3.06. The minimum absolute atomic E-state index is 0.389. The second-order valence-corrected chi connectivity index (χ2v) is 2.78. The van der Waals surface area contributed by atoms with Gasteiger partial charge >= 0.3 is 5.97 Å². The lowest BCUT2D eigenvalue weighted by molar-refractivity contribution is -0.137. The van der Waals surface area contributed by atoms with Crippen LogP contribution in [0.5, 0.6) is 0 Å². The molecule has 1 atom stereocenters. The van der Waals surface area contributed by atoms with Crippen molar-refractivity contribution in [3.63, 3.8) is 0 Å². The summed E-state index contributed by atoms with van der Waals surface area (Å²) < 4.78 is 0. The van der Waals surface area contributed by atoms with E-state index in [-0.39, 0.29) is 0 Å². The SMILES string of the molecule is C=C/C=C\SC[C@H](N)C(=O)O. The van der Waals surface area contributed by atoms with Crippen LogP contribution in [-0.2, 0) is 4.79 Å². The van der Waals surface area contributed by atoms with E-state index in [4.69, 9.17) is 10.8 Å². The maximum Gasteiger partial charge on any atom is 0.321 e. The molecule has 0 aromatic rings. The van der Waals surface area contributed by atoms with E-state index in [0.717, 1.165) is 0 Å². The van der Waals surface area contributed by atoms with Gasteiger partial charge in [-0.3, -0.25) is 4.79 Å². The van der Waals surface area contributed by atoms with Crippen LogP contribution in [0.2, 0.25) is 0 Å². The highest BCUT2D eigenvalue weighted by molar-refractivity contribution is 8.02. The molecule has 0 aromatic heterocycles. The second-order valence-electron chi connectivity index (χ2n) is 1.84. The number of thioether (sulfide) groups is 1. The Labute approximate surface area is 70.0 Å². The number of carbonyl (C=O) groups is 1. The van der Waals surface area contributed by atoms with Gasteiger partial charge in [0.15, 0.2) is 0 Å². The lowest BCUT2D eigenvalue weighted by atomic mass is 10.4. The van der Waals surface area contributed by atoms with Gasteiger partial charge < -0.3 is 10.8 Å². The molecule has 0 saturated heterocycles. The first-order chi connectivity index (χ1) is 5.18. The normalized spacial score (nSPS) is 13.2.